The summed E-state index contributed by atoms with van der Waals surface area (Å²) < 4.78 is 11.8. The molecule has 1 unspecified atom stereocenters. The summed E-state index contributed by atoms with van der Waals surface area (Å²) in [6.45, 7) is 0.474. The van der Waals surface area contributed by atoms with E-state index in [1.54, 1.807) is 13.3 Å². The summed E-state index contributed by atoms with van der Waals surface area (Å²) in [5.41, 5.74) is 0.915. The highest BCUT2D eigenvalue weighted by Crippen LogP contribution is 2.35. The number of terminal acetylenes is 1. The van der Waals surface area contributed by atoms with Gasteiger partial charge in [0.05, 0.1) is 0 Å². The number of nitrogens with zero attached hydrogens (tertiary/aromatic N) is 1. The summed E-state index contributed by atoms with van der Waals surface area (Å²) in [5.74, 6) is 3.51. The molecule has 3 aromatic carbocycles. The van der Waals surface area contributed by atoms with E-state index in [2.05, 4.69) is 41.2 Å². The topological polar surface area (TPSA) is 31.4 Å². The maximum atomic E-state index is 6.04. The number of fused-ring (bicyclic) bond motifs is 1. The lowest BCUT2D eigenvalue weighted by atomic mass is 9.95. The van der Waals surface area contributed by atoms with E-state index in [0.717, 1.165) is 21.9 Å². The Kier molecular flexibility index (Phi) is 5.12. The molecular weight excluding hydrogens is 366 g/mol. The first-order valence-electron chi connectivity index (χ1n) is 8.89. The van der Waals surface area contributed by atoms with Crippen LogP contribution in [0.5, 0.6) is 5.75 Å². The number of benzene rings is 3. The summed E-state index contributed by atoms with van der Waals surface area (Å²) in [6, 6.07) is 22.3. The van der Waals surface area contributed by atoms with Gasteiger partial charge in [0.15, 0.2) is 0 Å². The Morgan fingerprint density at radius 3 is 2.64 bits per heavy atom. The highest BCUT2D eigenvalue weighted by molar-refractivity contribution is 7.09. The van der Waals surface area contributed by atoms with Crippen molar-refractivity contribution in [1.29, 1.82) is 0 Å². The molecule has 0 aliphatic carbocycles. The fraction of sp³-hybridized carbons (Fsp3) is 0.125. The summed E-state index contributed by atoms with van der Waals surface area (Å²) in [5, 5.41) is 5.03. The van der Waals surface area contributed by atoms with Gasteiger partial charge in [-0.15, -0.1) is 17.8 Å². The van der Waals surface area contributed by atoms with Crippen LogP contribution in [0.15, 0.2) is 78.3 Å². The molecule has 4 aromatic rings. The normalized spacial score (nSPS) is 13.0. The van der Waals surface area contributed by atoms with Crippen LogP contribution in [0, 0.1) is 12.3 Å². The minimum Gasteiger partial charge on any atom is -0.489 e. The van der Waals surface area contributed by atoms with E-state index in [1.807, 2.05) is 41.8 Å². The van der Waals surface area contributed by atoms with Crippen molar-refractivity contribution in [3.63, 3.8) is 0 Å². The molecule has 4 heteroatoms. The van der Waals surface area contributed by atoms with E-state index < -0.39 is 5.60 Å². The Labute approximate surface area is 168 Å². The predicted octanol–water partition coefficient (Wildman–Crippen LogP) is 5.40. The molecule has 0 N–H and O–H groups in total. The van der Waals surface area contributed by atoms with Crippen LogP contribution in [0.2, 0.25) is 0 Å². The molecule has 0 aliphatic rings. The van der Waals surface area contributed by atoms with Gasteiger partial charge in [0.2, 0.25) is 5.60 Å². The van der Waals surface area contributed by atoms with Crippen LogP contribution in [-0.4, -0.2) is 12.1 Å². The van der Waals surface area contributed by atoms with Crippen molar-refractivity contribution in [1.82, 2.24) is 4.98 Å². The Morgan fingerprint density at radius 1 is 1.04 bits per heavy atom. The van der Waals surface area contributed by atoms with Gasteiger partial charge in [-0.25, -0.2) is 4.98 Å². The first kappa shape index (κ1) is 18.2. The van der Waals surface area contributed by atoms with Gasteiger partial charge in [-0.05, 0) is 34.5 Å². The van der Waals surface area contributed by atoms with E-state index in [-0.39, 0.29) is 0 Å². The summed E-state index contributed by atoms with van der Waals surface area (Å²) in [7, 11) is 1.60. The maximum Gasteiger partial charge on any atom is 0.205 e. The molecule has 3 nitrogen and oxygen atoms in total. The van der Waals surface area contributed by atoms with Gasteiger partial charge in [0.1, 0.15) is 17.4 Å². The van der Waals surface area contributed by atoms with E-state index in [1.165, 1.54) is 22.1 Å². The summed E-state index contributed by atoms with van der Waals surface area (Å²) in [4.78, 5) is 4.37. The first-order chi connectivity index (χ1) is 13.7. The number of ether oxygens (including phenoxy) is 2. The molecule has 28 heavy (non-hydrogen) atoms. The van der Waals surface area contributed by atoms with Crippen LogP contribution in [0.3, 0.4) is 0 Å². The zero-order valence-corrected chi connectivity index (χ0v) is 16.3. The zero-order chi connectivity index (χ0) is 19.4. The van der Waals surface area contributed by atoms with E-state index in [9.17, 15) is 0 Å². The van der Waals surface area contributed by atoms with Crippen LogP contribution in [0.25, 0.3) is 10.8 Å². The number of hydrogen-bond donors (Lipinski definition) is 0. The molecule has 1 heterocycles. The van der Waals surface area contributed by atoms with Gasteiger partial charge in [0, 0.05) is 24.3 Å². The van der Waals surface area contributed by atoms with Crippen LogP contribution in [0.4, 0.5) is 0 Å². The number of thiazole rings is 1. The molecule has 0 amide bonds. The summed E-state index contributed by atoms with van der Waals surface area (Å²) in [6.07, 6.45) is 7.59. The number of methoxy groups -OCH3 is 1. The molecule has 0 radical (unpaired) electrons. The van der Waals surface area contributed by atoms with E-state index in [4.69, 9.17) is 15.9 Å². The third kappa shape index (κ3) is 3.38. The Hall–Kier alpha value is -3.13. The average molecular weight is 385 g/mol. The quantitative estimate of drug-likeness (QED) is 0.417. The molecule has 138 valence electrons. The lowest BCUT2D eigenvalue weighted by Gasteiger charge is -2.25. The number of hydrogen-bond acceptors (Lipinski definition) is 4. The molecule has 1 atom stereocenters. The molecule has 0 aliphatic heterocycles. The number of aromatic nitrogens is 1. The van der Waals surface area contributed by atoms with Crippen LogP contribution in [0.1, 0.15) is 16.1 Å². The van der Waals surface area contributed by atoms with Gasteiger partial charge in [-0.3, -0.25) is 0 Å². The lowest BCUT2D eigenvalue weighted by Crippen LogP contribution is -2.27. The van der Waals surface area contributed by atoms with E-state index >= 15 is 0 Å². The Balaban J connectivity index is 1.59. The van der Waals surface area contributed by atoms with Crippen molar-refractivity contribution < 1.29 is 9.47 Å². The highest BCUT2D eigenvalue weighted by atomic mass is 32.1. The van der Waals surface area contributed by atoms with Crippen molar-refractivity contribution in [2.24, 2.45) is 0 Å². The fourth-order valence-electron chi connectivity index (χ4n) is 3.23. The van der Waals surface area contributed by atoms with Crippen molar-refractivity contribution in [2.75, 3.05) is 7.11 Å². The van der Waals surface area contributed by atoms with Crippen molar-refractivity contribution in [2.45, 2.75) is 12.2 Å². The standard InChI is InChI=1S/C24H19NO2S/c1-3-24(26-2,23-25-13-14-28-23)21-9-6-10-22(16-21)27-17-18-11-12-19-7-4-5-8-20(19)15-18/h1,4-16H,17H2,2H3. The largest absolute Gasteiger partial charge is 0.489 e. The second-order valence-electron chi connectivity index (χ2n) is 6.36. The van der Waals surface area contributed by atoms with Crippen LogP contribution >= 0.6 is 11.3 Å². The van der Waals surface area contributed by atoms with E-state index in [0.29, 0.717) is 6.61 Å². The number of rotatable bonds is 6. The SMILES string of the molecule is C#CC(OC)(c1cccc(OCc2ccc3ccccc3c2)c1)c1nccs1. The van der Waals surface area contributed by atoms with Gasteiger partial charge in [-0.2, -0.15) is 0 Å². The molecule has 0 spiro atoms. The molecule has 0 saturated heterocycles. The predicted molar refractivity (Wildman–Crippen MR) is 113 cm³/mol. The molecule has 0 fully saturated rings. The van der Waals surface area contributed by atoms with Crippen molar-refractivity contribution >= 4 is 22.1 Å². The van der Waals surface area contributed by atoms with Gasteiger partial charge < -0.3 is 9.47 Å². The molecule has 0 bridgehead atoms. The van der Waals surface area contributed by atoms with Crippen molar-refractivity contribution in [3.8, 4) is 18.1 Å². The maximum absolute atomic E-state index is 6.04. The first-order valence-corrected chi connectivity index (χ1v) is 9.77. The molecule has 1 aromatic heterocycles. The third-order valence-corrected chi connectivity index (χ3v) is 5.58. The average Bonchev–Trinajstić information content (AvgIpc) is 3.29. The fourth-order valence-corrected chi connectivity index (χ4v) is 4.03. The smallest absolute Gasteiger partial charge is 0.205 e. The monoisotopic (exact) mass is 385 g/mol. The van der Waals surface area contributed by atoms with Gasteiger partial charge in [0.25, 0.3) is 0 Å². The van der Waals surface area contributed by atoms with Crippen LogP contribution in [-0.2, 0) is 16.9 Å². The minimum atomic E-state index is -1.02. The summed E-state index contributed by atoms with van der Waals surface area (Å²) >= 11 is 1.47. The molecule has 4 rings (SSSR count). The second kappa shape index (κ2) is 7.85. The van der Waals surface area contributed by atoms with Crippen LogP contribution < -0.4 is 4.74 Å². The third-order valence-electron chi connectivity index (χ3n) is 4.70. The zero-order valence-electron chi connectivity index (χ0n) is 15.5. The minimum absolute atomic E-state index is 0.474. The van der Waals surface area contributed by atoms with Gasteiger partial charge >= 0.3 is 0 Å². The molecular formula is C24H19NO2S. The Morgan fingerprint density at radius 2 is 1.89 bits per heavy atom. The van der Waals surface area contributed by atoms with Gasteiger partial charge in [-0.1, -0.05) is 54.5 Å². The Bertz CT molecular complexity index is 1130. The highest BCUT2D eigenvalue weighted by Gasteiger charge is 2.35. The second-order valence-corrected chi connectivity index (χ2v) is 7.26. The van der Waals surface area contributed by atoms with Crippen molar-refractivity contribution in [3.05, 3.63) is 94.4 Å². The molecule has 0 saturated carbocycles. The lowest BCUT2D eigenvalue weighted by molar-refractivity contribution is 0.0738.